The molecule has 5 rings (SSSR count). The number of para-hydroxylation sites is 1. The second-order valence-electron chi connectivity index (χ2n) is 9.13. The van der Waals surface area contributed by atoms with E-state index in [1.54, 1.807) is 0 Å². The average Bonchev–Trinajstić information content (AvgIpc) is 3.46. The molecule has 1 aromatic carbocycles. The summed E-state index contributed by atoms with van der Waals surface area (Å²) < 4.78 is 1.91. The van der Waals surface area contributed by atoms with Gasteiger partial charge in [0, 0.05) is 17.5 Å². The Bertz CT molecular complexity index is 1130. The lowest BCUT2D eigenvalue weighted by Crippen LogP contribution is -2.51. The summed E-state index contributed by atoms with van der Waals surface area (Å²) in [5, 5.41) is 8.88. The molecule has 1 unspecified atom stereocenters. The highest BCUT2D eigenvalue weighted by Crippen LogP contribution is 2.35. The van der Waals surface area contributed by atoms with Crippen LogP contribution in [0.2, 0.25) is 0 Å². The van der Waals surface area contributed by atoms with Crippen molar-refractivity contribution in [1.82, 2.24) is 20.0 Å². The predicted molar refractivity (Wildman–Crippen MR) is 127 cm³/mol. The largest absolute Gasteiger partial charge is 0.352 e. The van der Waals surface area contributed by atoms with Crippen LogP contribution in [0.4, 0.5) is 0 Å². The molecule has 7 heteroatoms. The van der Waals surface area contributed by atoms with Gasteiger partial charge in [0.25, 0.3) is 5.91 Å². The number of fused-ring (bicyclic) bond motifs is 1. The number of carbonyl (C=O) groups is 2. The Hall–Kier alpha value is -2.67. The van der Waals surface area contributed by atoms with Gasteiger partial charge in [0.2, 0.25) is 5.91 Å². The van der Waals surface area contributed by atoms with Gasteiger partial charge in [-0.3, -0.25) is 9.59 Å². The van der Waals surface area contributed by atoms with Crippen LogP contribution < -0.4 is 5.32 Å². The van der Waals surface area contributed by atoms with E-state index in [2.05, 4.69) is 10.4 Å². The van der Waals surface area contributed by atoms with Gasteiger partial charge in [-0.2, -0.15) is 5.10 Å². The monoisotopic (exact) mass is 450 g/mol. The number of carbonyl (C=O) groups excluding carboxylic acids is 2. The first-order valence-electron chi connectivity index (χ1n) is 11.7. The highest BCUT2D eigenvalue weighted by Gasteiger charge is 2.40. The number of thiophene rings is 1. The number of hydrogen-bond donors (Lipinski definition) is 1. The van der Waals surface area contributed by atoms with Crippen LogP contribution in [-0.2, 0) is 4.79 Å². The van der Waals surface area contributed by atoms with Gasteiger partial charge in [0.1, 0.15) is 10.9 Å². The molecule has 0 spiro atoms. The lowest BCUT2D eigenvalue weighted by Gasteiger charge is -2.31. The van der Waals surface area contributed by atoms with Gasteiger partial charge in [-0.25, -0.2) is 4.68 Å². The fraction of sp³-hybridized carbons (Fsp3) is 0.480. The van der Waals surface area contributed by atoms with Crippen LogP contribution in [0.25, 0.3) is 15.9 Å². The summed E-state index contributed by atoms with van der Waals surface area (Å²) in [5.74, 6) is -0.0658. The normalized spacial score (nSPS) is 17.9. The SMILES string of the molecule is Cc1nn(-c2ccccc2)c2sc(C(=O)N(C3CC3)C(C)C(=O)NC3CCCCC3)cc12. The number of hydrogen-bond acceptors (Lipinski definition) is 4. The van der Waals surface area contributed by atoms with Gasteiger partial charge in [-0.05, 0) is 57.7 Å². The summed E-state index contributed by atoms with van der Waals surface area (Å²) in [6, 6.07) is 11.9. The Morgan fingerprint density at radius 2 is 1.84 bits per heavy atom. The number of amides is 2. The van der Waals surface area contributed by atoms with E-state index in [-0.39, 0.29) is 23.9 Å². The Labute approximate surface area is 192 Å². The van der Waals surface area contributed by atoms with Crippen LogP contribution in [0.15, 0.2) is 36.4 Å². The molecule has 2 aliphatic rings. The first-order valence-corrected chi connectivity index (χ1v) is 12.5. The molecular formula is C25H30N4O2S. The lowest BCUT2D eigenvalue weighted by atomic mass is 9.95. The highest BCUT2D eigenvalue weighted by atomic mass is 32.1. The van der Waals surface area contributed by atoms with Crippen molar-refractivity contribution in [2.45, 2.75) is 76.9 Å². The number of aromatic nitrogens is 2. The molecule has 2 amide bonds. The number of benzene rings is 1. The van der Waals surface area contributed by atoms with E-state index >= 15 is 0 Å². The third kappa shape index (κ3) is 4.06. The van der Waals surface area contributed by atoms with Crippen molar-refractivity contribution in [3.8, 4) is 5.69 Å². The summed E-state index contributed by atoms with van der Waals surface area (Å²) in [4.78, 5) is 30.1. The minimum absolute atomic E-state index is 0.0232. The maximum atomic E-state index is 13.6. The fourth-order valence-electron chi connectivity index (χ4n) is 4.73. The van der Waals surface area contributed by atoms with Crippen molar-refractivity contribution in [1.29, 1.82) is 0 Å². The van der Waals surface area contributed by atoms with Crippen molar-refractivity contribution < 1.29 is 9.59 Å². The Morgan fingerprint density at radius 1 is 1.12 bits per heavy atom. The molecule has 2 aromatic heterocycles. The number of nitrogens with one attached hydrogen (secondary N) is 1. The molecule has 2 aliphatic carbocycles. The van der Waals surface area contributed by atoms with Crippen LogP contribution in [0.5, 0.6) is 0 Å². The van der Waals surface area contributed by atoms with Crippen LogP contribution in [-0.4, -0.2) is 44.6 Å². The summed E-state index contributed by atoms with van der Waals surface area (Å²) in [6.07, 6.45) is 7.61. The quantitative estimate of drug-likeness (QED) is 0.584. The molecule has 32 heavy (non-hydrogen) atoms. The molecule has 2 heterocycles. The van der Waals surface area contributed by atoms with Crippen LogP contribution in [0.3, 0.4) is 0 Å². The third-order valence-electron chi connectivity index (χ3n) is 6.68. The smallest absolute Gasteiger partial charge is 0.264 e. The molecule has 0 bridgehead atoms. The van der Waals surface area contributed by atoms with Crippen molar-refractivity contribution in [3.05, 3.63) is 47.0 Å². The molecule has 1 N–H and O–H groups in total. The van der Waals surface area contributed by atoms with Crippen LogP contribution in [0.1, 0.15) is 67.2 Å². The van der Waals surface area contributed by atoms with Gasteiger partial charge < -0.3 is 10.2 Å². The van der Waals surface area contributed by atoms with E-state index in [9.17, 15) is 9.59 Å². The predicted octanol–water partition coefficient (Wildman–Crippen LogP) is 4.84. The summed E-state index contributed by atoms with van der Waals surface area (Å²) >= 11 is 1.46. The highest BCUT2D eigenvalue weighted by molar-refractivity contribution is 7.20. The average molecular weight is 451 g/mol. The third-order valence-corrected chi connectivity index (χ3v) is 7.78. The van der Waals surface area contributed by atoms with E-state index in [1.165, 1.54) is 30.6 Å². The minimum atomic E-state index is -0.464. The molecule has 0 radical (unpaired) electrons. The Kier molecular flexibility index (Phi) is 5.76. The van der Waals surface area contributed by atoms with Gasteiger partial charge >= 0.3 is 0 Å². The molecular weight excluding hydrogens is 420 g/mol. The van der Waals surface area contributed by atoms with E-state index < -0.39 is 6.04 Å². The summed E-state index contributed by atoms with van der Waals surface area (Å²) in [7, 11) is 0. The molecule has 6 nitrogen and oxygen atoms in total. The second-order valence-corrected chi connectivity index (χ2v) is 10.2. The maximum Gasteiger partial charge on any atom is 0.264 e. The molecule has 0 saturated heterocycles. The van der Waals surface area contributed by atoms with Crippen LogP contribution in [0, 0.1) is 6.92 Å². The van der Waals surface area contributed by atoms with Crippen LogP contribution >= 0.6 is 11.3 Å². The van der Waals surface area contributed by atoms with Gasteiger partial charge in [-0.1, -0.05) is 37.5 Å². The molecule has 0 aliphatic heterocycles. The molecule has 2 fully saturated rings. The Balaban J connectivity index is 1.40. The second kappa shape index (κ2) is 8.70. The molecule has 1 atom stereocenters. The van der Waals surface area contributed by atoms with Crippen molar-refractivity contribution >= 4 is 33.4 Å². The fourth-order valence-corrected chi connectivity index (χ4v) is 5.86. The van der Waals surface area contributed by atoms with Gasteiger partial charge in [0.15, 0.2) is 0 Å². The Morgan fingerprint density at radius 3 is 2.53 bits per heavy atom. The van der Waals surface area contributed by atoms with Crippen molar-refractivity contribution in [2.24, 2.45) is 0 Å². The number of nitrogens with zero attached hydrogens (tertiary/aromatic N) is 3. The zero-order valence-electron chi connectivity index (χ0n) is 18.7. The molecule has 3 aromatic rings. The minimum Gasteiger partial charge on any atom is -0.352 e. The topological polar surface area (TPSA) is 67.2 Å². The van der Waals surface area contributed by atoms with E-state index in [1.807, 2.05) is 59.8 Å². The zero-order chi connectivity index (χ0) is 22.2. The van der Waals surface area contributed by atoms with E-state index in [4.69, 9.17) is 0 Å². The van der Waals surface area contributed by atoms with Gasteiger partial charge in [0.05, 0.1) is 16.3 Å². The van der Waals surface area contributed by atoms with E-state index in [0.29, 0.717) is 4.88 Å². The van der Waals surface area contributed by atoms with E-state index in [0.717, 1.165) is 47.3 Å². The number of rotatable bonds is 6. The molecule has 168 valence electrons. The zero-order valence-corrected chi connectivity index (χ0v) is 19.5. The summed E-state index contributed by atoms with van der Waals surface area (Å²) in [5.41, 5.74) is 1.88. The maximum absolute atomic E-state index is 13.6. The first-order chi connectivity index (χ1) is 15.5. The van der Waals surface area contributed by atoms with Crippen molar-refractivity contribution in [2.75, 3.05) is 0 Å². The first kappa shape index (κ1) is 21.2. The van der Waals surface area contributed by atoms with Gasteiger partial charge in [-0.15, -0.1) is 11.3 Å². The standard InChI is InChI=1S/C25H30N4O2S/c1-16-21-15-22(32-25(21)29(27-16)20-11-7-4-8-12-20)24(31)28(19-13-14-19)17(2)23(30)26-18-9-5-3-6-10-18/h4,7-8,11-12,15,17-19H,3,5-6,9-10,13-14H2,1-2H3,(H,26,30). The lowest BCUT2D eigenvalue weighted by molar-refractivity contribution is -0.126. The number of aryl methyl sites for hydroxylation is 1. The summed E-state index contributed by atoms with van der Waals surface area (Å²) in [6.45, 7) is 3.85. The van der Waals surface area contributed by atoms with Crippen molar-refractivity contribution in [3.63, 3.8) is 0 Å². The molecule has 2 saturated carbocycles.